The smallest absolute Gasteiger partial charge is 0.449 e. The molecule has 8 heteroatoms. The maximum absolute atomic E-state index is 13.1. The second-order valence-corrected chi connectivity index (χ2v) is 8.28. The first kappa shape index (κ1) is 20.7. The van der Waals surface area contributed by atoms with Crippen LogP contribution in [0.3, 0.4) is 0 Å². The van der Waals surface area contributed by atoms with Gasteiger partial charge in [0.1, 0.15) is 29.2 Å². The Morgan fingerprint density at radius 2 is 1.62 bits per heavy atom. The molecule has 0 aliphatic carbocycles. The van der Waals surface area contributed by atoms with Gasteiger partial charge in [0, 0.05) is 17.4 Å². The second-order valence-electron chi connectivity index (χ2n) is 8.28. The lowest BCUT2D eigenvalue weighted by Crippen LogP contribution is -2.39. The van der Waals surface area contributed by atoms with E-state index in [1.165, 1.54) is 6.07 Å². The molecular weight excluding hydrogens is 445 g/mol. The number of pyridine rings is 1. The van der Waals surface area contributed by atoms with E-state index in [-0.39, 0.29) is 12.3 Å². The van der Waals surface area contributed by atoms with Crippen molar-refractivity contribution in [2.45, 2.75) is 18.1 Å². The molecule has 6 rings (SSSR count). The molecular formula is C26H19F3N2O3. The van der Waals surface area contributed by atoms with Gasteiger partial charge in [-0.1, -0.05) is 36.4 Å². The SMILES string of the molecule is COc1ccc2c(n1)C1(CO2)c2ccccc2N(Cc2ccc(C(F)(F)F)o2)c2ccccc21. The molecule has 0 fully saturated rings. The summed E-state index contributed by atoms with van der Waals surface area (Å²) in [6.07, 6.45) is -4.53. The highest BCUT2D eigenvalue weighted by molar-refractivity contribution is 5.81. The number of hydrogen-bond acceptors (Lipinski definition) is 5. The van der Waals surface area contributed by atoms with Gasteiger partial charge in [-0.25, -0.2) is 4.98 Å². The van der Waals surface area contributed by atoms with Crippen LogP contribution in [0.4, 0.5) is 24.5 Å². The summed E-state index contributed by atoms with van der Waals surface area (Å²) in [5, 5.41) is 0. The Hall–Kier alpha value is -3.94. The number of alkyl halides is 3. The minimum atomic E-state index is -4.53. The Morgan fingerprint density at radius 3 is 2.24 bits per heavy atom. The summed E-state index contributed by atoms with van der Waals surface area (Å²) in [5.41, 5.74) is 3.68. The summed E-state index contributed by atoms with van der Waals surface area (Å²) in [7, 11) is 1.57. The number of halogens is 3. The fourth-order valence-electron chi connectivity index (χ4n) is 4.99. The highest BCUT2D eigenvalue weighted by Crippen LogP contribution is 2.56. The lowest BCUT2D eigenvalue weighted by Gasteiger charge is -2.42. The lowest BCUT2D eigenvalue weighted by atomic mass is 9.69. The molecule has 0 saturated carbocycles. The predicted octanol–water partition coefficient (Wildman–Crippen LogP) is 6.08. The van der Waals surface area contributed by atoms with Gasteiger partial charge in [0.25, 0.3) is 0 Å². The van der Waals surface area contributed by atoms with Crippen LogP contribution in [0.5, 0.6) is 11.6 Å². The van der Waals surface area contributed by atoms with Crippen LogP contribution in [0, 0.1) is 0 Å². The van der Waals surface area contributed by atoms with Gasteiger partial charge in [-0.2, -0.15) is 13.2 Å². The zero-order valence-corrected chi connectivity index (χ0v) is 18.1. The number of rotatable bonds is 3. The topological polar surface area (TPSA) is 47.7 Å². The van der Waals surface area contributed by atoms with E-state index in [0.29, 0.717) is 18.2 Å². The number of benzene rings is 2. The number of ether oxygens (including phenoxy) is 2. The third-order valence-corrected chi connectivity index (χ3v) is 6.45. The largest absolute Gasteiger partial charge is 0.490 e. The number of fused-ring (bicyclic) bond motifs is 6. The summed E-state index contributed by atoms with van der Waals surface area (Å²) in [4.78, 5) is 6.76. The minimum absolute atomic E-state index is 0.138. The third-order valence-electron chi connectivity index (χ3n) is 6.45. The fourth-order valence-corrected chi connectivity index (χ4v) is 4.99. The van der Waals surface area contributed by atoms with Crippen molar-refractivity contribution in [3.05, 3.63) is 101 Å². The molecule has 4 heterocycles. The highest BCUT2D eigenvalue weighted by Gasteiger charge is 2.51. The molecule has 2 aliphatic heterocycles. The molecule has 0 N–H and O–H groups in total. The molecule has 34 heavy (non-hydrogen) atoms. The summed E-state index contributed by atoms with van der Waals surface area (Å²) in [6, 6.07) is 21.6. The van der Waals surface area contributed by atoms with E-state index in [4.69, 9.17) is 18.9 Å². The van der Waals surface area contributed by atoms with Crippen molar-refractivity contribution in [3.8, 4) is 11.6 Å². The Morgan fingerprint density at radius 1 is 0.941 bits per heavy atom. The van der Waals surface area contributed by atoms with Crippen molar-refractivity contribution in [1.82, 2.24) is 4.98 Å². The third kappa shape index (κ3) is 2.91. The van der Waals surface area contributed by atoms with Crippen LogP contribution in [0.1, 0.15) is 28.3 Å². The standard InChI is InChI=1S/C26H19F3N2O3/c1-32-23-13-11-21-24(30-23)25(15-33-21)17-6-2-4-8-19(17)31(20-9-5-3-7-18(20)25)14-16-10-12-22(34-16)26(27,28)29/h2-13H,14-15H2,1H3. The molecule has 2 aromatic heterocycles. The van der Waals surface area contributed by atoms with E-state index in [9.17, 15) is 13.2 Å². The first-order valence-electron chi connectivity index (χ1n) is 10.7. The van der Waals surface area contributed by atoms with Crippen molar-refractivity contribution in [3.63, 3.8) is 0 Å². The number of methoxy groups -OCH3 is 1. The molecule has 0 bridgehead atoms. The van der Waals surface area contributed by atoms with E-state index in [0.717, 1.165) is 34.3 Å². The van der Waals surface area contributed by atoms with Gasteiger partial charge in [0.05, 0.1) is 13.7 Å². The van der Waals surface area contributed by atoms with E-state index >= 15 is 0 Å². The highest BCUT2D eigenvalue weighted by atomic mass is 19.4. The van der Waals surface area contributed by atoms with Crippen LogP contribution < -0.4 is 14.4 Å². The van der Waals surface area contributed by atoms with Crippen molar-refractivity contribution in [1.29, 1.82) is 0 Å². The normalized spacial score (nSPS) is 15.5. The van der Waals surface area contributed by atoms with Gasteiger partial charge >= 0.3 is 6.18 Å². The molecule has 0 saturated heterocycles. The number of anilines is 2. The Balaban J connectivity index is 1.54. The van der Waals surface area contributed by atoms with Gasteiger partial charge in [0.15, 0.2) is 0 Å². The van der Waals surface area contributed by atoms with Crippen molar-refractivity contribution < 1.29 is 27.1 Å². The number of furan rings is 1. The van der Waals surface area contributed by atoms with E-state index in [1.54, 1.807) is 13.2 Å². The Labute approximate surface area is 193 Å². The Kier molecular flexibility index (Phi) is 4.42. The maximum atomic E-state index is 13.1. The van der Waals surface area contributed by atoms with Crippen molar-refractivity contribution >= 4 is 11.4 Å². The molecule has 172 valence electrons. The van der Waals surface area contributed by atoms with Crippen molar-refractivity contribution in [2.24, 2.45) is 0 Å². The van der Waals surface area contributed by atoms with Crippen LogP contribution in [0.15, 0.2) is 77.2 Å². The molecule has 4 aromatic rings. The number of para-hydroxylation sites is 2. The quantitative estimate of drug-likeness (QED) is 0.368. The van der Waals surface area contributed by atoms with Gasteiger partial charge in [-0.3, -0.25) is 0 Å². The van der Waals surface area contributed by atoms with E-state index in [1.807, 2.05) is 59.5 Å². The van der Waals surface area contributed by atoms with E-state index < -0.39 is 17.4 Å². The van der Waals surface area contributed by atoms with E-state index in [2.05, 4.69) is 0 Å². The fraction of sp³-hybridized carbons (Fsp3) is 0.192. The van der Waals surface area contributed by atoms with Crippen molar-refractivity contribution in [2.75, 3.05) is 18.6 Å². The number of aromatic nitrogens is 1. The maximum Gasteiger partial charge on any atom is 0.449 e. The summed E-state index contributed by atoms with van der Waals surface area (Å²) in [6.45, 7) is 0.489. The number of nitrogens with zero attached hydrogens (tertiary/aromatic N) is 2. The average Bonchev–Trinajstić information content (AvgIpc) is 3.47. The molecule has 2 aliphatic rings. The monoisotopic (exact) mass is 464 g/mol. The van der Waals surface area contributed by atoms with Crippen LogP contribution in [0.2, 0.25) is 0 Å². The van der Waals surface area contributed by atoms with Gasteiger partial charge in [-0.05, 0) is 41.5 Å². The molecule has 2 aromatic carbocycles. The molecule has 1 spiro atoms. The molecule has 0 atom stereocenters. The van der Waals surface area contributed by atoms with Crippen LogP contribution in [-0.2, 0) is 18.1 Å². The summed E-state index contributed by atoms with van der Waals surface area (Å²) >= 11 is 0. The van der Waals surface area contributed by atoms with Gasteiger partial charge in [0.2, 0.25) is 11.6 Å². The summed E-state index contributed by atoms with van der Waals surface area (Å²) < 4.78 is 56.0. The molecule has 5 nitrogen and oxygen atoms in total. The summed E-state index contributed by atoms with van der Waals surface area (Å²) in [5.74, 6) is 0.374. The molecule has 0 amide bonds. The first-order valence-corrected chi connectivity index (χ1v) is 10.7. The zero-order valence-electron chi connectivity index (χ0n) is 18.1. The second kappa shape index (κ2) is 7.28. The Bertz CT molecular complexity index is 1350. The van der Waals surface area contributed by atoms with Crippen LogP contribution in [-0.4, -0.2) is 18.7 Å². The molecule has 0 radical (unpaired) electrons. The van der Waals surface area contributed by atoms with Crippen LogP contribution >= 0.6 is 0 Å². The van der Waals surface area contributed by atoms with Gasteiger partial charge in [-0.15, -0.1) is 0 Å². The number of hydrogen-bond donors (Lipinski definition) is 0. The zero-order chi connectivity index (χ0) is 23.5. The average molecular weight is 464 g/mol. The minimum Gasteiger partial charge on any atom is -0.490 e. The molecule has 0 unspecified atom stereocenters. The lowest BCUT2D eigenvalue weighted by molar-refractivity contribution is -0.153. The van der Waals surface area contributed by atoms with Gasteiger partial charge < -0.3 is 18.8 Å². The predicted molar refractivity (Wildman–Crippen MR) is 119 cm³/mol. The first-order chi connectivity index (χ1) is 16.4. The van der Waals surface area contributed by atoms with Crippen LogP contribution in [0.25, 0.3) is 0 Å².